The Bertz CT molecular complexity index is 685. The van der Waals surface area contributed by atoms with Gasteiger partial charge in [0.15, 0.2) is 5.96 Å². The largest absolute Gasteiger partial charge is 0.385 e. The van der Waals surface area contributed by atoms with Gasteiger partial charge in [-0.25, -0.2) is 0 Å². The van der Waals surface area contributed by atoms with Crippen LogP contribution in [0.2, 0.25) is 0 Å². The van der Waals surface area contributed by atoms with Crippen LogP contribution in [-0.2, 0) is 17.8 Å². The number of piperazine rings is 1. The van der Waals surface area contributed by atoms with E-state index in [9.17, 15) is 0 Å². The van der Waals surface area contributed by atoms with Crippen molar-refractivity contribution in [2.45, 2.75) is 52.1 Å². The lowest BCUT2D eigenvalue weighted by Gasteiger charge is -2.34. The van der Waals surface area contributed by atoms with Gasteiger partial charge in [0.05, 0.1) is 0 Å². The molecule has 6 nitrogen and oxygen atoms in total. The molecule has 1 aromatic rings. The summed E-state index contributed by atoms with van der Waals surface area (Å²) in [6.45, 7) is 11.7. The summed E-state index contributed by atoms with van der Waals surface area (Å²) < 4.78 is 5.37. The highest BCUT2D eigenvalue weighted by molar-refractivity contribution is 14.0. The molecule has 1 saturated heterocycles. The average Bonchev–Trinajstić information content (AvgIpc) is 3.28. The van der Waals surface area contributed by atoms with Crippen molar-refractivity contribution in [3.63, 3.8) is 0 Å². The Balaban J connectivity index is 0.00000363. The lowest BCUT2D eigenvalue weighted by Crippen LogP contribution is -2.45. The Labute approximate surface area is 212 Å². The van der Waals surface area contributed by atoms with Crippen molar-refractivity contribution in [3.05, 3.63) is 35.4 Å². The first-order valence-electron chi connectivity index (χ1n) is 12.1. The van der Waals surface area contributed by atoms with E-state index >= 15 is 0 Å². The van der Waals surface area contributed by atoms with Crippen LogP contribution in [0.3, 0.4) is 0 Å². The molecule has 0 unspecified atom stereocenters. The molecule has 2 N–H and O–H groups in total. The highest BCUT2D eigenvalue weighted by Gasteiger charge is 2.33. The average molecular weight is 558 g/mol. The number of hydrogen-bond acceptors (Lipinski definition) is 4. The Morgan fingerprint density at radius 3 is 2.31 bits per heavy atom. The minimum absolute atomic E-state index is 0. The van der Waals surface area contributed by atoms with E-state index in [4.69, 9.17) is 4.74 Å². The molecule has 3 rings (SSSR count). The van der Waals surface area contributed by atoms with Gasteiger partial charge in [-0.05, 0) is 42.3 Å². The molecule has 0 aromatic heterocycles. The van der Waals surface area contributed by atoms with E-state index in [0.29, 0.717) is 5.41 Å². The molecule has 182 valence electrons. The Kier molecular flexibility index (Phi) is 12.3. The number of methoxy groups -OCH3 is 1. The number of guanidine groups is 1. The molecule has 0 spiro atoms. The number of benzene rings is 1. The van der Waals surface area contributed by atoms with Gasteiger partial charge >= 0.3 is 0 Å². The third-order valence-corrected chi connectivity index (χ3v) is 7.23. The van der Waals surface area contributed by atoms with Crippen LogP contribution < -0.4 is 10.6 Å². The van der Waals surface area contributed by atoms with Gasteiger partial charge in [0.2, 0.25) is 0 Å². The Hall–Kier alpha value is -0.900. The van der Waals surface area contributed by atoms with Gasteiger partial charge < -0.3 is 20.3 Å². The molecule has 1 aliphatic carbocycles. The fourth-order valence-electron chi connectivity index (χ4n) is 5.02. The third-order valence-electron chi connectivity index (χ3n) is 7.23. The second-order valence-corrected chi connectivity index (χ2v) is 9.21. The van der Waals surface area contributed by atoms with Gasteiger partial charge in [0, 0.05) is 66.6 Å². The quantitative estimate of drug-likeness (QED) is 0.261. The van der Waals surface area contributed by atoms with Gasteiger partial charge in [-0.1, -0.05) is 44.0 Å². The molecule has 0 atom stereocenters. The molecule has 0 amide bonds. The van der Waals surface area contributed by atoms with Gasteiger partial charge in [-0.15, -0.1) is 24.0 Å². The number of nitrogens with zero attached hydrogens (tertiary/aromatic N) is 3. The second kappa shape index (κ2) is 14.4. The van der Waals surface area contributed by atoms with E-state index in [1.54, 1.807) is 7.11 Å². The van der Waals surface area contributed by atoms with Crippen LogP contribution in [0, 0.1) is 5.41 Å². The number of hydrogen-bond donors (Lipinski definition) is 2. The summed E-state index contributed by atoms with van der Waals surface area (Å²) in [6.07, 6.45) is 6.36. The van der Waals surface area contributed by atoms with Gasteiger partial charge in [0.1, 0.15) is 0 Å². The minimum Gasteiger partial charge on any atom is -0.385 e. The second-order valence-electron chi connectivity index (χ2n) is 9.21. The van der Waals surface area contributed by atoms with E-state index in [0.717, 1.165) is 58.3 Å². The van der Waals surface area contributed by atoms with Crippen molar-refractivity contribution in [1.29, 1.82) is 0 Å². The molecule has 1 heterocycles. The van der Waals surface area contributed by atoms with Gasteiger partial charge in [-0.2, -0.15) is 0 Å². The highest BCUT2D eigenvalue weighted by atomic mass is 127. The van der Waals surface area contributed by atoms with Crippen molar-refractivity contribution in [2.24, 2.45) is 10.4 Å². The summed E-state index contributed by atoms with van der Waals surface area (Å²) in [4.78, 5) is 9.60. The summed E-state index contributed by atoms with van der Waals surface area (Å²) in [5, 5.41) is 7.17. The fraction of sp³-hybridized carbons (Fsp3) is 0.720. The zero-order valence-electron chi connectivity index (χ0n) is 20.4. The fourth-order valence-corrected chi connectivity index (χ4v) is 5.02. The molecule has 1 aliphatic heterocycles. The molecule has 0 bridgehead atoms. The summed E-state index contributed by atoms with van der Waals surface area (Å²) in [6, 6.07) is 8.82. The predicted molar refractivity (Wildman–Crippen MR) is 145 cm³/mol. The summed E-state index contributed by atoms with van der Waals surface area (Å²) in [7, 11) is 3.67. The smallest absolute Gasteiger partial charge is 0.191 e. The van der Waals surface area contributed by atoms with Crippen LogP contribution in [0.4, 0.5) is 0 Å². The monoisotopic (exact) mass is 557 g/mol. The Morgan fingerprint density at radius 1 is 1.03 bits per heavy atom. The van der Waals surface area contributed by atoms with E-state index < -0.39 is 0 Å². The highest BCUT2D eigenvalue weighted by Crippen LogP contribution is 2.40. The molecule has 1 aromatic carbocycles. The van der Waals surface area contributed by atoms with E-state index in [-0.39, 0.29) is 24.0 Å². The third kappa shape index (κ3) is 8.15. The maximum absolute atomic E-state index is 5.37. The Morgan fingerprint density at radius 2 is 1.69 bits per heavy atom. The van der Waals surface area contributed by atoms with Crippen LogP contribution in [-0.4, -0.2) is 75.8 Å². The molecule has 32 heavy (non-hydrogen) atoms. The zero-order chi connectivity index (χ0) is 21.9. The molecular formula is C25H44IN5O. The number of aliphatic imine (C=N–C) groups is 1. The maximum atomic E-state index is 5.37. The molecular weight excluding hydrogens is 513 g/mol. The predicted octanol–water partition coefficient (Wildman–Crippen LogP) is 3.70. The van der Waals surface area contributed by atoms with Crippen LogP contribution in [0.25, 0.3) is 0 Å². The molecule has 0 radical (unpaired) electrons. The maximum Gasteiger partial charge on any atom is 0.191 e. The number of ether oxygens (including phenoxy) is 1. The summed E-state index contributed by atoms with van der Waals surface area (Å²) in [5.41, 5.74) is 3.13. The van der Waals surface area contributed by atoms with E-state index in [2.05, 4.69) is 56.6 Å². The van der Waals surface area contributed by atoms with Crippen LogP contribution >= 0.6 is 24.0 Å². The number of likely N-dealkylation sites (N-methyl/N-ethyl adjacent to an activating group) is 1. The van der Waals surface area contributed by atoms with Crippen LogP contribution in [0.15, 0.2) is 29.3 Å². The molecule has 2 fully saturated rings. The first kappa shape index (κ1) is 27.3. The number of rotatable bonds is 10. The lowest BCUT2D eigenvalue weighted by atomic mass is 9.83. The molecule has 2 aliphatic rings. The van der Waals surface area contributed by atoms with Crippen molar-refractivity contribution in [3.8, 4) is 0 Å². The minimum atomic E-state index is 0. The molecule has 7 heteroatoms. The van der Waals surface area contributed by atoms with Crippen molar-refractivity contribution in [2.75, 3.05) is 60.0 Å². The van der Waals surface area contributed by atoms with Crippen LogP contribution in [0.5, 0.6) is 0 Å². The van der Waals surface area contributed by atoms with Gasteiger partial charge in [-0.3, -0.25) is 9.89 Å². The normalized spacial score (nSPS) is 19.5. The van der Waals surface area contributed by atoms with E-state index in [1.807, 2.05) is 7.05 Å². The first-order chi connectivity index (χ1) is 15.2. The van der Waals surface area contributed by atoms with Crippen molar-refractivity contribution in [1.82, 2.24) is 20.4 Å². The van der Waals surface area contributed by atoms with Crippen LogP contribution in [0.1, 0.15) is 50.2 Å². The topological polar surface area (TPSA) is 52.1 Å². The van der Waals surface area contributed by atoms with Gasteiger partial charge in [0.25, 0.3) is 0 Å². The standard InChI is InChI=1S/C25H43N5O.HI/c1-4-29-14-16-30(17-15-29)20-23-10-6-5-9-22(23)19-27-24(26-2)28-21-25(13-18-31-3)11-7-8-12-25;/h5-6,9-10H,4,7-8,11-21H2,1-3H3,(H2,26,27,28);1H. The van der Waals surface area contributed by atoms with E-state index in [1.165, 1.54) is 49.9 Å². The SMILES string of the molecule is CCN1CCN(Cc2ccccc2CNC(=NC)NCC2(CCOC)CCCC2)CC1.I. The number of halogens is 1. The molecule has 1 saturated carbocycles. The van der Waals surface area contributed by atoms with Crippen molar-refractivity contribution >= 4 is 29.9 Å². The number of nitrogens with one attached hydrogen (secondary N) is 2. The van der Waals surface area contributed by atoms with Crippen molar-refractivity contribution < 1.29 is 4.74 Å². The lowest BCUT2D eigenvalue weighted by molar-refractivity contribution is 0.131. The summed E-state index contributed by atoms with van der Waals surface area (Å²) >= 11 is 0. The first-order valence-corrected chi connectivity index (χ1v) is 12.1. The zero-order valence-corrected chi connectivity index (χ0v) is 22.7. The summed E-state index contributed by atoms with van der Waals surface area (Å²) in [5.74, 6) is 0.898.